The number of rotatable bonds is 4. The summed E-state index contributed by atoms with van der Waals surface area (Å²) in [5.74, 6) is 0.601. The van der Waals surface area contributed by atoms with Crippen LogP contribution in [0.5, 0.6) is 0 Å². The molecule has 0 spiro atoms. The lowest BCUT2D eigenvalue weighted by molar-refractivity contribution is 0.0191. The van der Waals surface area contributed by atoms with Crippen molar-refractivity contribution >= 4 is 26.5 Å². The SMILES string of the molecule is Nc1nc2c(c(=O)[nH]1)NCN2C1CCC(COPO)O1. The van der Waals surface area contributed by atoms with E-state index in [9.17, 15) is 4.79 Å². The average Bonchev–Trinajstić information content (AvgIpc) is 3.02. The molecule has 2 aliphatic heterocycles. The number of nitrogen functional groups attached to an aromatic ring is 1. The minimum Gasteiger partial charge on any atom is -0.369 e. The molecule has 3 heterocycles. The maximum absolute atomic E-state index is 11.7. The van der Waals surface area contributed by atoms with Crippen molar-refractivity contribution in [2.75, 3.05) is 29.2 Å². The number of nitrogens with zero attached hydrogens (tertiary/aromatic N) is 2. The summed E-state index contributed by atoms with van der Waals surface area (Å²) in [4.78, 5) is 28.9. The van der Waals surface area contributed by atoms with E-state index in [0.29, 0.717) is 24.8 Å². The molecule has 0 aromatic carbocycles. The quantitative estimate of drug-likeness (QED) is 0.552. The molecule has 3 rings (SSSR count). The van der Waals surface area contributed by atoms with Gasteiger partial charge in [-0.15, -0.1) is 0 Å². The Morgan fingerprint density at radius 2 is 2.45 bits per heavy atom. The Bertz CT molecular complexity index is 553. The highest BCUT2D eigenvalue weighted by Gasteiger charge is 2.35. The molecule has 9 nitrogen and oxygen atoms in total. The molecule has 2 aliphatic rings. The number of ether oxygens (including phenoxy) is 1. The van der Waals surface area contributed by atoms with Crippen molar-refractivity contribution in [1.82, 2.24) is 9.97 Å². The Balaban J connectivity index is 1.74. The van der Waals surface area contributed by atoms with Gasteiger partial charge >= 0.3 is 0 Å². The lowest BCUT2D eigenvalue weighted by atomic mass is 10.2. The number of hydrogen-bond donors (Lipinski definition) is 4. The van der Waals surface area contributed by atoms with Gasteiger partial charge in [-0.2, -0.15) is 4.98 Å². The number of anilines is 3. The van der Waals surface area contributed by atoms with Gasteiger partial charge in [-0.05, 0) is 12.8 Å². The van der Waals surface area contributed by atoms with Crippen LogP contribution in [-0.4, -0.2) is 40.5 Å². The van der Waals surface area contributed by atoms with Crippen molar-refractivity contribution in [3.63, 3.8) is 0 Å². The molecule has 1 fully saturated rings. The zero-order valence-electron chi connectivity index (χ0n) is 10.6. The maximum atomic E-state index is 11.7. The fourth-order valence-corrected chi connectivity index (χ4v) is 2.75. The van der Waals surface area contributed by atoms with E-state index in [4.69, 9.17) is 19.9 Å². The zero-order chi connectivity index (χ0) is 14.1. The fraction of sp³-hybridized carbons (Fsp3) is 0.600. The van der Waals surface area contributed by atoms with E-state index in [-0.39, 0.29) is 23.8 Å². The highest BCUT2D eigenvalue weighted by molar-refractivity contribution is 7.24. The van der Waals surface area contributed by atoms with Gasteiger partial charge in [0.1, 0.15) is 11.9 Å². The second-order valence-electron chi connectivity index (χ2n) is 4.65. The predicted octanol–water partition coefficient (Wildman–Crippen LogP) is -0.436. The molecule has 1 saturated heterocycles. The van der Waals surface area contributed by atoms with E-state index in [1.165, 1.54) is 0 Å². The van der Waals surface area contributed by atoms with Gasteiger partial charge in [-0.25, -0.2) is 0 Å². The first-order valence-corrected chi connectivity index (χ1v) is 7.11. The summed E-state index contributed by atoms with van der Waals surface area (Å²) in [6, 6.07) is 0. The van der Waals surface area contributed by atoms with Crippen molar-refractivity contribution in [3.8, 4) is 0 Å². The smallest absolute Gasteiger partial charge is 0.277 e. The van der Waals surface area contributed by atoms with Crippen LogP contribution in [0.1, 0.15) is 12.8 Å². The summed E-state index contributed by atoms with van der Waals surface area (Å²) in [5, 5.41) is 2.99. The van der Waals surface area contributed by atoms with Gasteiger partial charge in [-0.3, -0.25) is 9.78 Å². The van der Waals surface area contributed by atoms with Crippen molar-refractivity contribution in [3.05, 3.63) is 10.4 Å². The third-order valence-corrected chi connectivity index (χ3v) is 3.68. The number of aromatic amines is 1. The Morgan fingerprint density at radius 3 is 3.25 bits per heavy atom. The van der Waals surface area contributed by atoms with Crippen LogP contribution in [0.2, 0.25) is 0 Å². The van der Waals surface area contributed by atoms with Crippen LogP contribution in [0.25, 0.3) is 0 Å². The molecule has 20 heavy (non-hydrogen) atoms. The van der Waals surface area contributed by atoms with Crippen LogP contribution in [0.15, 0.2) is 4.79 Å². The Hall–Kier alpha value is -1.41. The molecular weight excluding hydrogens is 285 g/mol. The molecule has 110 valence electrons. The molecule has 0 bridgehead atoms. The Labute approximate surface area is 116 Å². The third kappa shape index (κ3) is 2.45. The molecular formula is C10H16N5O4P. The molecule has 1 aromatic rings. The Morgan fingerprint density at radius 1 is 1.60 bits per heavy atom. The minimum atomic E-state index is -0.529. The van der Waals surface area contributed by atoms with Crippen molar-refractivity contribution < 1.29 is 14.2 Å². The first kappa shape index (κ1) is 13.6. The topological polar surface area (TPSA) is 126 Å². The van der Waals surface area contributed by atoms with E-state index < -0.39 is 9.03 Å². The standard InChI is InChI=1S/C10H16N5O4P/c11-10-13-8-7(9(16)14-10)12-4-15(8)6-2-1-5(19-6)3-18-20-17/h5-6,12,17,20H,1-4H2,(H3,11,13,14,16). The third-order valence-electron chi connectivity index (χ3n) is 3.38. The predicted molar refractivity (Wildman–Crippen MR) is 74.6 cm³/mol. The number of nitrogens with two attached hydrogens (primary N) is 1. The van der Waals surface area contributed by atoms with Gasteiger partial charge < -0.3 is 30.1 Å². The monoisotopic (exact) mass is 301 g/mol. The maximum Gasteiger partial charge on any atom is 0.277 e. The normalized spacial score (nSPS) is 25.4. The van der Waals surface area contributed by atoms with E-state index in [2.05, 4.69) is 15.3 Å². The molecule has 5 N–H and O–H groups in total. The van der Waals surface area contributed by atoms with Crippen LogP contribution in [0.4, 0.5) is 17.5 Å². The summed E-state index contributed by atoms with van der Waals surface area (Å²) < 4.78 is 10.8. The van der Waals surface area contributed by atoms with Gasteiger partial charge in [0, 0.05) is 0 Å². The number of hydrogen-bond acceptors (Lipinski definition) is 8. The number of aromatic nitrogens is 2. The van der Waals surface area contributed by atoms with Gasteiger partial charge in [0.2, 0.25) is 5.95 Å². The summed E-state index contributed by atoms with van der Waals surface area (Å²) in [5.41, 5.74) is 5.71. The zero-order valence-corrected chi connectivity index (χ0v) is 11.6. The van der Waals surface area contributed by atoms with E-state index in [1.807, 2.05) is 4.90 Å². The number of H-pyrrole nitrogens is 1. The van der Waals surface area contributed by atoms with Gasteiger partial charge in [0.25, 0.3) is 5.56 Å². The Kier molecular flexibility index (Phi) is 3.75. The molecule has 0 radical (unpaired) electrons. The molecule has 0 aliphatic carbocycles. The molecule has 3 atom stereocenters. The minimum absolute atomic E-state index is 0.0527. The molecule has 0 amide bonds. The van der Waals surface area contributed by atoms with Crippen LogP contribution < -0.4 is 21.5 Å². The second-order valence-corrected chi connectivity index (χ2v) is 5.12. The fourth-order valence-electron chi connectivity index (χ4n) is 2.49. The lowest BCUT2D eigenvalue weighted by Crippen LogP contribution is -2.36. The average molecular weight is 301 g/mol. The van der Waals surface area contributed by atoms with Crippen molar-refractivity contribution in [2.45, 2.75) is 25.2 Å². The summed E-state index contributed by atoms with van der Waals surface area (Å²) in [6.45, 7) is 0.819. The van der Waals surface area contributed by atoms with E-state index in [0.717, 1.165) is 12.8 Å². The van der Waals surface area contributed by atoms with E-state index in [1.54, 1.807) is 0 Å². The van der Waals surface area contributed by atoms with Crippen LogP contribution in [0.3, 0.4) is 0 Å². The van der Waals surface area contributed by atoms with Crippen LogP contribution >= 0.6 is 9.03 Å². The summed E-state index contributed by atoms with van der Waals surface area (Å²) in [7, 11) is -0.529. The highest BCUT2D eigenvalue weighted by Crippen LogP contribution is 2.33. The molecule has 1 aromatic heterocycles. The first-order valence-electron chi connectivity index (χ1n) is 6.25. The van der Waals surface area contributed by atoms with Crippen LogP contribution in [-0.2, 0) is 9.26 Å². The summed E-state index contributed by atoms with van der Waals surface area (Å²) in [6.07, 6.45) is 1.41. The van der Waals surface area contributed by atoms with Gasteiger partial charge in [0.15, 0.2) is 14.9 Å². The molecule has 3 unspecified atom stereocenters. The highest BCUT2D eigenvalue weighted by atomic mass is 31.1. The molecule has 10 heteroatoms. The van der Waals surface area contributed by atoms with E-state index >= 15 is 0 Å². The lowest BCUT2D eigenvalue weighted by Gasteiger charge is -2.24. The number of nitrogens with one attached hydrogen (secondary N) is 2. The number of fused-ring (bicyclic) bond motifs is 1. The van der Waals surface area contributed by atoms with Gasteiger partial charge in [0.05, 0.1) is 19.4 Å². The van der Waals surface area contributed by atoms with Crippen molar-refractivity contribution in [1.29, 1.82) is 0 Å². The second kappa shape index (κ2) is 5.53. The first-order chi connectivity index (χ1) is 9.69. The van der Waals surface area contributed by atoms with Gasteiger partial charge in [-0.1, -0.05) is 0 Å². The summed E-state index contributed by atoms with van der Waals surface area (Å²) >= 11 is 0. The van der Waals surface area contributed by atoms with Crippen LogP contribution in [0, 0.1) is 0 Å². The van der Waals surface area contributed by atoms with Crippen molar-refractivity contribution in [2.24, 2.45) is 0 Å². The largest absolute Gasteiger partial charge is 0.369 e. The molecule has 0 saturated carbocycles.